The van der Waals surface area contributed by atoms with Crippen molar-refractivity contribution in [1.82, 2.24) is 0 Å². The zero-order valence-electron chi connectivity index (χ0n) is 13.1. The largest absolute Gasteiger partial charge is 0.395 e. The van der Waals surface area contributed by atoms with Gasteiger partial charge in [-0.05, 0) is 45.2 Å². The molecule has 0 heterocycles. The number of rotatable bonds is 12. The Morgan fingerprint density at radius 1 is 1.21 bits per heavy atom. The van der Waals surface area contributed by atoms with E-state index in [2.05, 4.69) is 13.5 Å². The molecular weight excluding hydrogens is 260 g/mol. The van der Waals surface area contributed by atoms with Crippen LogP contribution >= 0.6 is 0 Å². The molecule has 114 valence electrons. The minimum absolute atomic E-state index is 0.145. The maximum Gasteiger partial charge on any atom is 0.334 e. The van der Waals surface area contributed by atoms with Gasteiger partial charge in [0.25, 0.3) is 0 Å². The number of carbonyl (C=O) groups is 1. The smallest absolute Gasteiger partial charge is 0.334 e. The van der Waals surface area contributed by atoms with Gasteiger partial charge in [-0.1, -0.05) is 6.92 Å². The first-order valence-corrected chi connectivity index (χ1v) is 9.79. The molecule has 5 heteroatoms. The van der Waals surface area contributed by atoms with Crippen LogP contribution in [0.5, 0.6) is 0 Å². The third-order valence-electron chi connectivity index (χ3n) is 3.42. The number of ether oxygens (including phenoxy) is 1. The van der Waals surface area contributed by atoms with Crippen molar-refractivity contribution in [3.8, 4) is 0 Å². The van der Waals surface area contributed by atoms with Gasteiger partial charge in [-0.25, -0.2) is 0 Å². The van der Waals surface area contributed by atoms with Gasteiger partial charge in [0.1, 0.15) is 6.29 Å². The lowest BCUT2D eigenvalue weighted by Crippen LogP contribution is -2.39. The van der Waals surface area contributed by atoms with E-state index in [1.807, 2.05) is 13.8 Å². The fraction of sp³-hybridized carbons (Fsp3) is 0.929. The summed E-state index contributed by atoms with van der Waals surface area (Å²) in [6.45, 7) is 9.61. The van der Waals surface area contributed by atoms with Crippen molar-refractivity contribution >= 4 is 14.8 Å². The molecular formula is C14H30O4Si. The molecule has 0 aliphatic carbocycles. The molecule has 0 bridgehead atoms. The van der Waals surface area contributed by atoms with E-state index in [1.54, 1.807) is 7.11 Å². The molecule has 19 heavy (non-hydrogen) atoms. The van der Waals surface area contributed by atoms with Gasteiger partial charge < -0.3 is 18.4 Å². The van der Waals surface area contributed by atoms with Gasteiger partial charge >= 0.3 is 8.56 Å². The summed E-state index contributed by atoms with van der Waals surface area (Å²) in [5.41, 5.74) is 0. The van der Waals surface area contributed by atoms with Crippen LogP contribution in [0.1, 0.15) is 40.0 Å². The summed E-state index contributed by atoms with van der Waals surface area (Å²) < 4.78 is 17.1. The fourth-order valence-electron chi connectivity index (χ4n) is 2.36. The second-order valence-electron chi connectivity index (χ2n) is 5.05. The first-order chi connectivity index (χ1) is 9.02. The standard InChI is InChI=1S/C14H30O4Si/c1-6-17-19(5,18-7-2)12-8-9-14(16-4)13(3)10-11-15/h11,13-14H,6-10,12H2,1-5H3. The predicted molar refractivity (Wildman–Crippen MR) is 79.6 cm³/mol. The van der Waals surface area contributed by atoms with Gasteiger partial charge in [0.05, 0.1) is 6.10 Å². The Kier molecular flexibility index (Phi) is 10.4. The van der Waals surface area contributed by atoms with Crippen LogP contribution in [0.25, 0.3) is 0 Å². The van der Waals surface area contributed by atoms with Gasteiger partial charge in [0.2, 0.25) is 0 Å². The van der Waals surface area contributed by atoms with Crippen molar-refractivity contribution in [2.24, 2.45) is 5.92 Å². The van der Waals surface area contributed by atoms with Gasteiger partial charge in [0, 0.05) is 26.7 Å². The van der Waals surface area contributed by atoms with Gasteiger partial charge in [-0.2, -0.15) is 0 Å². The second-order valence-corrected chi connectivity index (χ2v) is 8.39. The van der Waals surface area contributed by atoms with E-state index < -0.39 is 8.56 Å². The highest BCUT2D eigenvalue weighted by atomic mass is 28.4. The van der Waals surface area contributed by atoms with Crippen molar-refractivity contribution in [2.75, 3.05) is 20.3 Å². The molecule has 2 atom stereocenters. The van der Waals surface area contributed by atoms with E-state index in [9.17, 15) is 4.79 Å². The van der Waals surface area contributed by atoms with E-state index in [-0.39, 0.29) is 12.0 Å². The minimum atomic E-state index is -2.01. The first-order valence-electron chi connectivity index (χ1n) is 7.27. The molecule has 0 saturated carbocycles. The maximum atomic E-state index is 10.6. The first kappa shape index (κ1) is 18.8. The molecule has 0 aromatic carbocycles. The topological polar surface area (TPSA) is 44.8 Å². The van der Waals surface area contributed by atoms with Crippen LogP contribution in [0.15, 0.2) is 0 Å². The summed E-state index contributed by atoms with van der Waals surface area (Å²) in [5.74, 6) is 0.273. The normalized spacial score (nSPS) is 15.2. The zero-order valence-corrected chi connectivity index (χ0v) is 14.1. The Morgan fingerprint density at radius 2 is 1.79 bits per heavy atom. The monoisotopic (exact) mass is 290 g/mol. The number of methoxy groups -OCH3 is 1. The number of carbonyl (C=O) groups excluding carboxylic acids is 1. The Hall–Kier alpha value is -0.233. The number of aldehydes is 1. The summed E-state index contributed by atoms with van der Waals surface area (Å²) in [5, 5.41) is 0. The lowest BCUT2D eigenvalue weighted by Gasteiger charge is -2.27. The summed E-state index contributed by atoms with van der Waals surface area (Å²) in [7, 11) is -0.291. The van der Waals surface area contributed by atoms with Crippen molar-refractivity contribution in [1.29, 1.82) is 0 Å². The van der Waals surface area contributed by atoms with Crippen LogP contribution in [0.3, 0.4) is 0 Å². The van der Waals surface area contributed by atoms with E-state index >= 15 is 0 Å². The summed E-state index contributed by atoms with van der Waals surface area (Å²) in [6, 6.07) is 0.975. The van der Waals surface area contributed by atoms with Crippen LogP contribution in [0.2, 0.25) is 12.6 Å². The second kappa shape index (κ2) is 10.5. The lowest BCUT2D eigenvalue weighted by molar-refractivity contribution is -0.109. The van der Waals surface area contributed by atoms with Gasteiger partial charge in [0.15, 0.2) is 0 Å². The van der Waals surface area contributed by atoms with Crippen LogP contribution in [0, 0.1) is 5.92 Å². The highest BCUT2D eigenvalue weighted by Crippen LogP contribution is 2.22. The SMILES string of the molecule is CCO[Si](C)(CCCC(OC)C(C)CC=O)OCC. The average molecular weight is 290 g/mol. The Morgan fingerprint density at radius 3 is 2.21 bits per heavy atom. The lowest BCUT2D eigenvalue weighted by atomic mass is 9.98. The maximum absolute atomic E-state index is 10.6. The molecule has 4 nitrogen and oxygen atoms in total. The quantitative estimate of drug-likeness (QED) is 0.409. The molecule has 0 aliphatic rings. The Bertz CT molecular complexity index is 229. The van der Waals surface area contributed by atoms with Crippen LogP contribution < -0.4 is 0 Å². The molecule has 0 aromatic heterocycles. The van der Waals surface area contributed by atoms with Crippen LogP contribution in [-0.4, -0.2) is 41.3 Å². The number of hydrogen-bond acceptors (Lipinski definition) is 4. The molecule has 0 N–H and O–H groups in total. The van der Waals surface area contributed by atoms with Gasteiger partial charge in [-0.15, -0.1) is 0 Å². The van der Waals surface area contributed by atoms with Crippen molar-refractivity contribution in [3.63, 3.8) is 0 Å². The molecule has 0 amide bonds. The fourth-order valence-corrected chi connectivity index (χ4v) is 4.80. The zero-order chi connectivity index (χ0) is 14.7. The van der Waals surface area contributed by atoms with E-state index in [0.717, 1.165) is 25.2 Å². The molecule has 0 rings (SSSR count). The molecule has 0 saturated heterocycles. The average Bonchev–Trinajstić information content (AvgIpc) is 2.35. The predicted octanol–water partition coefficient (Wildman–Crippen LogP) is 3.15. The molecule has 0 aromatic rings. The van der Waals surface area contributed by atoms with E-state index in [0.29, 0.717) is 19.6 Å². The molecule has 0 aliphatic heterocycles. The van der Waals surface area contributed by atoms with Crippen LogP contribution in [-0.2, 0) is 18.4 Å². The minimum Gasteiger partial charge on any atom is -0.395 e. The molecule has 2 unspecified atom stereocenters. The highest BCUT2D eigenvalue weighted by Gasteiger charge is 2.30. The third-order valence-corrected chi connectivity index (χ3v) is 6.48. The summed E-state index contributed by atoms with van der Waals surface area (Å²) in [4.78, 5) is 10.6. The molecule has 0 fully saturated rings. The molecule has 0 spiro atoms. The van der Waals surface area contributed by atoms with Gasteiger partial charge in [-0.3, -0.25) is 0 Å². The Labute approximate surface area is 119 Å². The van der Waals surface area contributed by atoms with Crippen LogP contribution in [0.4, 0.5) is 0 Å². The van der Waals surface area contributed by atoms with Crippen molar-refractivity contribution < 1.29 is 18.4 Å². The Balaban J connectivity index is 4.17. The van der Waals surface area contributed by atoms with Crippen molar-refractivity contribution in [2.45, 2.75) is 58.7 Å². The summed E-state index contributed by atoms with van der Waals surface area (Å²) in [6.07, 6.45) is 3.64. The van der Waals surface area contributed by atoms with E-state index in [4.69, 9.17) is 13.6 Å². The summed E-state index contributed by atoms with van der Waals surface area (Å²) >= 11 is 0. The number of hydrogen-bond donors (Lipinski definition) is 0. The third kappa shape index (κ3) is 7.82. The van der Waals surface area contributed by atoms with Crippen molar-refractivity contribution in [3.05, 3.63) is 0 Å². The highest BCUT2D eigenvalue weighted by molar-refractivity contribution is 6.66. The molecule has 0 radical (unpaired) electrons. The van der Waals surface area contributed by atoms with E-state index in [1.165, 1.54) is 0 Å².